The number of benzene rings is 1. The molecule has 1 fully saturated rings. The predicted molar refractivity (Wildman–Crippen MR) is 117 cm³/mol. The fourth-order valence-corrected chi connectivity index (χ4v) is 4.39. The number of halogens is 2. The molecule has 2 aromatic rings. The van der Waals surface area contributed by atoms with E-state index in [9.17, 15) is 14.4 Å². The van der Waals surface area contributed by atoms with Gasteiger partial charge >= 0.3 is 0 Å². The van der Waals surface area contributed by atoms with E-state index in [-0.39, 0.29) is 30.8 Å². The normalized spacial score (nSPS) is 14.5. The lowest BCUT2D eigenvalue weighted by Gasteiger charge is -2.34. The average molecular weight is 500 g/mol. The molecule has 1 saturated heterocycles. The van der Waals surface area contributed by atoms with Gasteiger partial charge in [-0.25, -0.2) is 0 Å². The number of rotatable bonds is 6. The van der Waals surface area contributed by atoms with Gasteiger partial charge in [0.05, 0.1) is 32.5 Å². The van der Waals surface area contributed by atoms with Crippen LogP contribution in [0.2, 0.25) is 5.02 Å². The number of carbonyl (C=O) groups is 3. The molecule has 2 heterocycles. The first-order chi connectivity index (χ1) is 13.9. The second kappa shape index (κ2) is 10.2. The number of thiophene rings is 1. The summed E-state index contributed by atoms with van der Waals surface area (Å²) in [4.78, 5) is 40.8. The molecule has 0 spiro atoms. The van der Waals surface area contributed by atoms with Crippen molar-refractivity contribution in [1.82, 2.24) is 15.1 Å². The van der Waals surface area contributed by atoms with Gasteiger partial charge in [0.15, 0.2) is 0 Å². The molecular weight excluding hydrogens is 480 g/mol. The maximum Gasteiger partial charge on any atom is 0.261 e. The van der Waals surface area contributed by atoms with Crippen LogP contribution in [-0.4, -0.2) is 66.8 Å². The van der Waals surface area contributed by atoms with E-state index in [1.807, 2.05) is 11.0 Å². The van der Waals surface area contributed by atoms with E-state index >= 15 is 0 Å². The van der Waals surface area contributed by atoms with Crippen LogP contribution in [-0.2, 0) is 9.59 Å². The lowest BCUT2D eigenvalue weighted by atomic mass is 10.3. The van der Waals surface area contributed by atoms with Gasteiger partial charge in [-0.15, -0.1) is 11.3 Å². The number of carbonyl (C=O) groups excluding carboxylic acids is 3. The molecular formula is C19H20BrClN4O3S. The van der Waals surface area contributed by atoms with Gasteiger partial charge in [-0.2, -0.15) is 0 Å². The Bertz CT molecular complexity index is 899. The number of amides is 3. The Morgan fingerprint density at radius 1 is 1.07 bits per heavy atom. The summed E-state index contributed by atoms with van der Waals surface area (Å²) < 4.78 is 0.865. The third-order valence-electron chi connectivity index (χ3n) is 4.44. The van der Waals surface area contributed by atoms with Crippen LogP contribution in [0.1, 0.15) is 9.67 Å². The number of anilines is 1. The van der Waals surface area contributed by atoms with E-state index in [1.54, 1.807) is 35.2 Å². The Hall–Kier alpha value is -1.94. The van der Waals surface area contributed by atoms with E-state index < -0.39 is 0 Å². The summed E-state index contributed by atoms with van der Waals surface area (Å²) in [7, 11) is 0. The minimum absolute atomic E-state index is 0.0403. The van der Waals surface area contributed by atoms with Gasteiger partial charge in [0.1, 0.15) is 0 Å². The lowest BCUT2D eigenvalue weighted by molar-refractivity contribution is -0.132. The highest BCUT2D eigenvalue weighted by Gasteiger charge is 2.23. The van der Waals surface area contributed by atoms with Crippen LogP contribution in [0, 0.1) is 0 Å². The quantitative estimate of drug-likeness (QED) is 0.640. The maximum absolute atomic E-state index is 12.3. The smallest absolute Gasteiger partial charge is 0.261 e. The van der Waals surface area contributed by atoms with Crippen LogP contribution in [0.25, 0.3) is 0 Å². The number of hydrogen-bond donors (Lipinski definition) is 2. The van der Waals surface area contributed by atoms with E-state index in [2.05, 4.69) is 26.6 Å². The summed E-state index contributed by atoms with van der Waals surface area (Å²) in [5, 5.41) is 5.95. The number of nitrogens with one attached hydrogen (secondary N) is 2. The van der Waals surface area contributed by atoms with Gasteiger partial charge in [0.25, 0.3) is 5.91 Å². The Labute approximate surface area is 186 Å². The van der Waals surface area contributed by atoms with E-state index in [1.165, 1.54) is 11.3 Å². The van der Waals surface area contributed by atoms with Crippen molar-refractivity contribution < 1.29 is 14.4 Å². The fraction of sp³-hybridized carbons (Fsp3) is 0.316. The maximum atomic E-state index is 12.3. The minimum atomic E-state index is -0.260. The molecule has 0 bridgehead atoms. The number of hydrogen-bond acceptors (Lipinski definition) is 5. The zero-order chi connectivity index (χ0) is 20.8. The molecule has 7 nitrogen and oxygen atoms in total. The second-order valence-electron chi connectivity index (χ2n) is 6.47. The molecule has 154 valence electrons. The Morgan fingerprint density at radius 3 is 2.45 bits per heavy atom. The molecule has 29 heavy (non-hydrogen) atoms. The molecule has 3 rings (SSSR count). The van der Waals surface area contributed by atoms with Gasteiger partial charge in [0.2, 0.25) is 11.8 Å². The summed E-state index contributed by atoms with van der Waals surface area (Å²) in [6, 6.07) is 10.6. The highest BCUT2D eigenvalue weighted by Crippen LogP contribution is 2.22. The minimum Gasteiger partial charge on any atom is -0.342 e. The van der Waals surface area contributed by atoms with E-state index in [0.717, 1.165) is 3.79 Å². The number of piperazine rings is 1. The standard InChI is InChI=1S/C19H20BrClN4O3S/c20-16-6-5-15(29-16)19(28)22-11-18(27)25-9-7-24(8-10-25)12-17(26)23-14-4-2-1-3-13(14)21/h1-6H,7-12H2,(H,22,28)(H,23,26). The highest BCUT2D eigenvalue weighted by molar-refractivity contribution is 9.11. The SMILES string of the molecule is O=C(CN1CCN(C(=O)CNC(=O)c2ccc(Br)s2)CC1)Nc1ccccc1Cl. The topological polar surface area (TPSA) is 81.8 Å². The van der Waals surface area contributed by atoms with E-state index in [4.69, 9.17) is 11.6 Å². The molecule has 0 atom stereocenters. The first-order valence-electron chi connectivity index (χ1n) is 9.00. The molecule has 0 saturated carbocycles. The predicted octanol–water partition coefficient (Wildman–Crippen LogP) is 2.68. The van der Waals surface area contributed by atoms with Crippen molar-refractivity contribution in [3.63, 3.8) is 0 Å². The third kappa shape index (κ3) is 6.27. The summed E-state index contributed by atoms with van der Waals surface area (Å²) in [6.45, 7) is 2.40. The molecule has 0 aliphatic carbocycles. The van der Waals surface area contributed by atoms with Gasteiger partial charge in [0, 0.05) is 26.2 Å². The molecule has 1 aliphatic heterocycles. The third-order valence-corrected chi connectivity index (χ3v) is 6.39. The van der Waals surface area contributed by atoms with Gasteiger partial charge in [-0.3, -0.25) is 19.3 Å². The molecule has 0 radical (unpaired) electrons. The molecule has 1 aromatic carbocycles. The number of nitrogens with zero attached hydrogens (tertiary/aromatic N) is 2. The lowest BCUT2D eigenvalue weighted by Crippen LogP contribution is -2.52. The molecule has 10 heteroatoms. The number of para-hydroxylation sites is 1. The average Bonchev–Trinajstić information content (AvgIpc) is 3.14. The zero-order valence-electron chi connectivity index (χ0n) is 15.5. The molecule has 1 aromatic heterocycles. The van der Waals surface area contributed by atoms with Crippen molar-refractivity contribution in [3.8, 4) is 0 Å². The summed E-state index contributed by atoms with van der Waals surface area (Å²) in [5.74, 6) is -0.537. The van der Waals surface area contributed by atoms with Crippen molar-refractivity contribution in [2.75, 3.05) is 44.6 Å². The van der Waals surface area contributed by atoms with Crippen LogP contribution in [0.3, 0.4) is 0 Å². The largest absolute Gasteiger partial charge is 0.342 e. The molecule has 2 N–H and O–H groups in total. The van der Waals surface area contributed by atoms with Crippen molar-refractivity contribution in [3.05, 3.63) is 50.1 Å². The second-order valence-corrected chi connectivity index (χ2v) is 9.34. The Balaban J connectivity index is 1.39. The monoisotopic (exact) mass is 498 g/mol. The van der Waals surface area contributed by atoms with Gasteiger partial charge < -0.3 is 15.5 Å². The van der Waals surface area contributed by atoms with Crippen LogP contribution in [0.15, 0.2) is 40.2 Å². The summed E-state index contributed by atoms with van der Waals surface area (Å²) >= 11 is 10.7. The highest BCUT2D eigenvalue weighted by atomic mass is 79.9. The van der Waals surface area contributed by atoms with Gasteiger partial charge in [-0.1, -0.05) is 23.7 Å². The summed E-state index contributed by atoms with van der Waals surface area (Å²) in [5.41, 5.74) is 0.585. The first-order valence-corrected chi connectivity index (χ1v) is 11.0. The van der Waals surface area contributed by atoms with Crippen LogP contribution < -0.4 is 10.6 Å². The van der Waals surface area contributed by atoms with Crippen molar-refractivity contribution in [2.24, 2.45) is 0 Å². The fourth-order valence-electron chi connectivity index (χ4n) is 2.90. The van der Waals surface area contributed by atoms with Crippen molar-refractivity contribution >= 4 is 62.3 Å². The van der Waals surface area contributed by atoms with Crippen LogP contribution in [0.5, 0.6) is 0 Å². The van der Waals surface area contributed by atoms with Crippen LogP contribution in [0.4, 0.5) is 5.69 Å². The zero-order valence-corrected chi connectivity index (χ0v) is 18.6. The Morgan fingerprint density at radius 2 is 1.79 bits per heavy atom. The summed E-state index contributed by atoms with van der Waals surface area (Å²) in [6.07, 6.45) is 0. The van der Waals surface area contributed by atoms with E-state index in [0.29, 0.717) is 41.8 Å². The molecule has 0 unspecified atom stereocenters. The molecule has 1 aliphatic rings. The van der Waals surface area contributed by atoms with Gasteiger partial charge in [-0.05, 0) is 40.2 Å². The van der Waals surface area contributed by atoms with Crippen molar-refractivity contribution in [2.45, 2.75) is 0 Å². The Kier molecular flexibility index (Phi) is 7.65. The van der Waals surface area contributed by atoms with Crippen LogP contribution >= 0.6 is 38.9 Å². The molecule has 3 amide bonds. The van der Waals surface area contributed by atoms with Crippen molar-refractivity contribution in [1.29, 1.82) is 0 Å². The first kappa shape index (κ1) is 21.8.